The van der Waals surface area contributed by atoms with Crippen LogP contribution in [0.25, 0.3) is 0 Å². The van der Waals surface area contributed by atoms with Crippen LogP contribution in [0.5, 0.6) is 0 Å². The molecular formula is C10H15NO6S. The van der Waals surface area contributed by atoms with Gasteiger partial charge in [-0.2, -0.15) is 0 Å². The van der Waals surface area contributed by atoms with Gasteiger partial charge in [0.1, 0.15) is 10.8 Å². The lowest BCUT2D eigenvalue weighted by molar-refractivity contribution is -0.174. The van der Waals surface area contributed by atoms with Crippen molar-refractivity contribution in [2.24, 2.45) is 0 Å². The molecule has 0 aromatic heterocycles. The van der Waals surface area contributed by atoms with Gasteiger partial charge in [0.15, 0.2) is 21.3 Å². The van der Waals surface area contributed by atoms with Crippen LogP contribution in [0.1, 0.15) is 20.8 Å². The average molecular weight is 277 g/mol. The molecule has 2 heterocycles. The molecule has 0 radical (unpaired) electrons. The van der Waals surface area contributed by atoms with Crippen molar-refractivity contribution in [1.82, 2.24) is 4.90 Å². The zero-order valence-electron chi connectivity index (χ0n) is 10.3. The van der Waals surface area contributed by atoms with Crippen LogP contribution in [0.3, 0.4) is 0 Å². The smallest absolute Gasteiger partial charge is 0.328 e. The van der Waals surface area contributed by atoms with Crippen LogP contribution in [0.15, 0.2) is 0 Å². The van der Waals surface area contributed by atoms with E-state index in [2.05, 4.69) is 0 Å². The van der Waals surface area contributed by atoms with Gasteiger partial charge in [0.25, 0.3) is 5.91 Å². The summed E-state index contributed by atoms with van der Waals surface area (Å²) >= 11 is 0. The summed E-state index contributed by atoms with van der Waals surface area (Å²) in [5.74, 6) is -1.88. The molecule has 0 bridgehead atoms. The van der Waals surface area contributed by atoms with Crippen LogP contribution in [-0.2, 0) is 24.2 Å². The molecule has 7 nitrogen and oxygen atoms in total. The molecule has 1 amide bonds. The van der Waals surface area contributed by atoms with Crippen LogP contribution in [0.2, 0.25) is 0 Å². The number of carbonyl (C=O) groups excluding carboxylic acids is 1. The summed E-state index contributed by atoms with van der Waals surface area (Å²) in [6.07, 6.45) is -1.07. The Hall–Kier alpha value is -1.15. The lowest BCUT2D eigenvalue weighted by atomic mass is 9.97. The Balaban J connectivity index is 2.49. The molecule has 0 saturated carbocycles. The Bertz CT molecular complexity index is 510. The SMILES string of the molecule is CCO[C@H]1C(=O)N2[C@@H](C(=O)O)C(C)(C)S(=O)(=O)[C@H]12. The topological polar surface area (TPSA) is 101 Å². The van der Waals surface area contributed by atoms with Crippen LogP contribution < -0.4 is 0 Å². The van der Waals surface area contributed by atoms with Gasteiger partial charge in [-0.05, 0) is 20.8 Å². The number of aliphatic carboxylic acids is 1. The Morgan fingerprint density at radius 3 is 2.50 bits per heavy atom. The van der Waals surface area contributed by atoms with E-state index in [1.807, 2.05) is 0 Å². The first-order chi connectivity index (χ1) is 8.17. The number of rotatable bonds is 3. The van der Waals surface area contributed by atoms with Crippen molar-refractivity contribution in [3.8, 4) is 0 Å². The molecule has 1 N–H and O–H groups in total. The summed E-state index contributed by atoms with van der Waals surface area (Å²) in [7, 11) is -3.76. The van der Waals surface area contributed by atoms with E-state index in [9.17, 15) is 18.0 Å². The summed E-state index contributed by atoms with van der Waals surface area (Å²) in [6.45, 7) is 4.51. The highest BCUT2D eigenvalue weighted by molar-refractivity contribution is 7.94. The minimum absolute atomic E-state index is 0.203. The number of nitrogens with zero attached hydrogens (tertiary/aromatic N) is 1. The number of amides is 1. The lowest BCUT2D eigenvalue weighted by Gasteiger charge is -2.41. The van der Waals surface area contributed by atoms with E-state index < -0.39 is 44.0 Å². The van der Waals surface area contributed by atoms with E-state index in [1.165, 1.54) is 13.8 Å². The third kappa shape index (κ3) is 1.30. The Morgan fingerprint density at radius 2 is 2.06 bits per heavy atom. The van der Waals surface area contributed by atoms with Gasteiger partial charge in [-0.3, -0.25) is 4.79 Å². The molecular weight excluding hydrogens is 262 g/mol. The largest absolute Gasteiger partial charge is 0.480 e. The van der Waals surface area contributed by atoms with Gasteiger partial charge >= 0.3 is 5.97 Å². The molecule has 3 atom stereocenters. The summed E-state index contributed by atoms with van der Waals surface area (Å²) in [6, 6.07) is -1.35. The van der Waals surface area contributed by atoms with Crippen LogP contribution >= 0.6 is 0 Å². The maximum absolute atomic E-state index is 12.3. The minimum atomic E-state index is -3.76. The lowest BCUT2D eigenvalue weighted by Crippen LogP contribution is -2.67. The monoisotopic (exact) mass is 277 g/mol. The fourth-order valence-electron chi connectivity index (χ4n) is 2.60. The molecule has 0 aromatic rings. The maximum Gasteiger partial charge on any atom is 0.328 e. The van der Waals surface area contributed by atoms with Crippen molar-refractivity contribution in [1.29, 1.82) is 0 Å². The van der Waals surface area contributed by atoms with E-state index in [0.29, 0.717) is 0 Å². The second-order valence-electron chi connectivity index (χ2n) is 4.90. The first-order valence-electron chi connectivity index (χ1n) is 5.58. The van der Waals surface area contributed by atoms with E-state index in [4.69, 9.17) is 9.84 Å². The second-order valence-corrected chi connectivity index (χ2v) is 7.53. The molecule has 102 valence electrons. The molecule has 2 aliphatic heterocycles. The first kappa shape index (κ1) is 13.3. The van der Waals surface area contributed by atoms with Crippen LogP contribution in [-0.4, -0.2) is 59.2 Å². The molecule has 2 rings (SSSR count). The molecule has 8 heteroatoms. The third-order valence-electron chi connectivity index (χ3n) is 3.60. The number of β-lactam (4-membered cyclic amide) rings is 1. The number of sulfone groups is 1. The predicted octanol–water partition coefficient (Wildman–Crippen LogP) is -0.780. The molecule has 0 aliphatic carbocycles. The fourth-order valence-corrected chi connectivity index (χ4v) is 4.79. The normalized spacial score (nSPS) is 36.1. The molecule has 2 saturated heterocycles. The molecule has 0 aromatic carbocycles. The molecule has 0 unspecified atom stereocenters. The second kappa shape index (κ2) is 3.67. The summed E-state index contributed by atoms with van der Waals surface area (Å²) in [4.78, 5) is 23.9. The number of carboxylic acids is 1. The summed E-state index contributed by atoms with van der Waals surface area (Å²) in [5.41, 5.74) is 0. The highest BCUT2D eigenvalue weighted by Crippen LogP contribution is 2.46. The van der Waals surface area contributed by atoms with E-state index in [0.717, 1.165) is 4.90 Å². The van der Waals surface area contributed by atoms with Crippen molar-refractivity contribution in [3.63, 3.8) is 0 Å². The number of hydrogen-bond acceptors (Lipinski definition) is 5. The minimum Gasteiger partial charge on any atom is -0.480 e. The first-order valence-corrected chi connectivity index (χ1v) is 7.12. The summed E-state index contributed by atoms with van der Waals surface area (Å²) < 4.78 is 28.2. The average Bonchev–Trinajstić information content (AvgIpc) is 2.38. The number of ether oxygens (including phenoxy) is 1. The summed E-state index contributed by atoms with van der Waals surface area (Å²) in [5, 5.41) is 7.97. The Morgan fingerprint density at radius 1 is 1.50 bits per heavy atom. The number of carbonyl (C=O) groups is 2. The van der Waals surface area contributed by atoms with Crippen molar-refractivity contribution < 1.29 is 27.9 Å². The van der Waals surface area contributed by atoms with Gasteiger partial charge < -0.3 is 14.7 Å². The quantitative estimate of drug-likeness (QED) is 0.679. The van der Waals surface area contributed by atoms with Gasteiger partial charge in [0, 0.05) is 6.61 Å². The number of hydrogen-bond donors (Lipinski definition) is 1. The van der Waals surface area contributed by atoms with Gasteiger partial charge in [-0.15, -0.1) is 0 Å². The molecule has 2 fully saturated rings. The molecule has 0 spiro atoms. The number of fused-ring (bicyclic) bond motifs is 1. The fraction of sp³-hybridized carbons (Fsp3) is 0.800. The van der Waals surface area contributed by atoms with Gasteiger partial charge in [0.2, 0.25) is 0 Å². The Kier molecular flexibility index (Phi) is 2.71. The highest BCUT2D eigenvalue weighted by Gasteiger charge is 2.72. The zero-order valence-corrected chi connectivity index (χ0v) is 11.1. The highest BCUT2D eigenvalue weighted by atomic mass is 32.2. The van der Waals surface area contributed by atoms with Crippen molar-refractivity contribution in [3.05, 3.63) is 0 Å². The standard InChI is InChI=1S/C10H15NO6S/c1-4-17-5-7(12)11-6(9(13)14)10(2,3)18(15,16)8(5)11/h5-6,8H,4H2,1-3H3,(H,13,14)/t5-,6-,8+/m0/s1. The maximum atomic E-state index is 12.3. The van der Waals surface area contributed by atoms with Crippen molar-refractivity contribution in [2.75, 3.05) is 6.61 Å². The molecule has 2 aliphatic rings. The predicted molar refractivity (Wildman–Crippen MR) is 60.5 cm³/mol. The van der Waals surface area contributed by atoms with E-state index in [1.54, 1.807) is 6.92 Å². The van der Waals surface area contributed by atoms with Crippen molar-refractivity contribution in [2.45, 2.75) is 43.0 Å². The third-order valence-corrected chi connectivity index (χ3v) is 6.40. The van der Waals surface area contributed by atoms with Gasteiger partial charge in [-0.25, -0.2) is 13.2 Å². The van der Waals surface area contributed by atoms with E-state index in [-0.39, 0.29) is 6.61 Å². The van der Waals surface area contributed by atoms with E-state index >= 15 is 0 Å². The van der Waals surface area contributed by atoms with Gasteiger partial charge in [0.05, 0.1) is 0 Å². The van der Waals surface area contributed by atoms with Crippen LogP contribution in [0, 0.1) is 0 Å². The number of carboxylic acid groups (broad SMARTS) is 1. The van der Waals surface area contributed by atoms with Crippen molar-refractivity contribution >= 4 is 21.7 Å². The Labute approximate surface area is 105 Å². The molecule has 18 heavy (non-hydrogen) atoms. The van der Waals surface area contributed by atoms with Crippen LogP contribution in [0.4, 0.5) is 0 Å². The van der Waals surface area contributed by atoms with Gasteiger partial charge in [-0.1, -0.05) is 0 Å². The zero-order chi connectivity index (χ0) is 13.9.